The van der Waals surface area contributed by atoms with Gasteiger partial charge in [0.1, 0.15) is 12.2 Å². The second-order valence-electron chi connectivity index (χ2n) is 5.72. The fourth-order valence-corrected chi connectivity index (χ4v) is 2.53. The summed E-state index contributed by atoms with van der Waals surface area (Å²) in [7, 11) is 1.40. The molecular formula is C19H17N3O5. The maximum Gasteiger partial charge on any atom is 0.329 e. The summed E-state index contributed by atoms with van der Waals surface area (Å²) in [6.07, 6.45) is 1.44. The first-order valence-electron chi connectivity index (χ1n) is 8.04. The van der Waals surface area contributed by atoms with Crippen LogP contribution >= 0.6 is 0 Å². The number of carbonyl (C=O) groups is 3. The Balaban J connectivity index is 1.72. The highest BCUT2D eigenvalue weighted by molar-refractivity contribution is 6.15. The van der Waals surface area contributed by atoms with Crippen molar-refractivity contribution in [3.8, 4) is 11.5 Å². The fraction of sp³-hybridized carbons (Fsp3) is 0.105. The van der Waals surface area contributed by atoms with Gasteiger partial charge in [-0.1, -0.05) is 24.3 Å². The van der Waals surface area contributed by atoms with E-state index in [2.05, 4.69) is 10.6 Å². The van der Waals surface area contributed by atoms with Gasteiger partial charge in [0, 0.05) is 5.69 Å². The van der Waals surface area contributed by atoms with Crippen molar-refractivity contribution in [1.29, 1.82) is 0 Å². The maximum atomic E-state index is 12.4. The molecule has 4 amide bonds. The Morgan fingerprint density at radius 1 is 1.22 bits per heavy atom. The number of anilines is 1. The lowest BCUT2D eigenvalue weighted by atomic mass is 10.1. The first-order chi connectivity index (χ1) is 13.0. The predicted molar refractivity (Wildman–Crippen MR) is 98.0 cm³/mol. The SMILES string of the molecule is COc1cc(/C=C2\NC(=O)N(CC(=O)Nc3ccccc3)C2=O)ccc1O. The van der Waals surface area contributed by atoms with Crippen LogP contribution in [0.15, 0.2) is 54.2 Å². The first-order valence-corrected chi connectivity index (χ1v) is 8.04. The van der Waals surface area contributed by atoms with E-state index < -0.39 is 24.4 Å². The second-order valence-corrected chi connectivity index (χ2v) is 5.72. The van der Waals surface area contributed by atoms with Crippen molar-refractivity contribution in [1.82, 2.24) is 10.2 Å². The zero-order valence-electron chi connectivity index (χ0n) is 14.4. The molecule has 1 fully saturated rings. The quantitative estimate of drug-likeness (QED) is 0.553. The molecule has 1 saturated heterocycles. The topological polar surface area (TPSA) is 108 Å². The van der Waals surface area contributed by atoms with E-state index in [1.165, 1.54) is 25.3 Å². The Bertz CT molecular complexity index is 924. The van der Waals surface area contributed by atoms with Crippen molar-refractivity contribution >= 4 is 29.6 Å². The van der Waals surface area contributed by atoms with Gasteiger partial charge in [-0.2, -0.15) is 0 Å². The third-order valence-electron chi connectivity index (χ3n) is 3.84. The zero-order chi connectivity index (χ0) is 19.4. The molecule has 0 atom stereocenters. The minimum atomic E-state index is -0.680. The average molecular weight is 367 g/mol. The molecule has 8 heteroatoms. The number of imide groups is 1. The van der Waals surface area contributed by atoms with Crippen LogP contribution in [0.4, 0.5) is 10.5 Å². The number of ether oxygens (including phenoxy) is 1. The molecule has 0 aromatic heterocycles. The van der Waals surface area contributed by atoms with E-state index in [-0.39, 0.29) is 17.2 Å². The van der Waals surface area contributed by atoms with Crippen LogP contribution in [0.5, 0.6) is 11.5 Å². The Morgan fingerprint density at radius 2 is 1.96 bits per heavy atom. The molecule has 138 valence electrons. The molecule has 2 aromatic rings. The molecule has 27 heavy (non-hydrogen) atoms. The molecular weight excluding hydrogens is 350 g/mol. The summed E-state index contributed by atoms with van der Waals surface area (Å²) in [5, 5.41) is 14.7. The van der Waals surface area contributed by atoms with Crippen LogP contribution in [-0.2, 0) is 9.59 Å². The van der Waals surface area contributed by atoms with Gasteiger partial charge in [-0.25, -0.2) is 9.69 Å². The highest BCUT2D eigenvalue weighted by atomic mass is 16.5. The normalized spacial score (nSPS) is 15.0. The third kappa shape index (κ3) is 4.06. The number of aromatic hydroxyl groups is 1. The highest BCUT2D eigenvalue weighted by Crippen LogP contribution is 2.27. The van der Waals surface area contributed by atoms with E-state index in [1.807, 2.05) is 6.07 Å². The number of phenolic OH excluding ortho intramolecular Hbond substituents is 1. The summed E-state index contributed by atoms with van der Waals surface area (Å²) in [5.41, 5.74) is 1.14. The Morgan fingerprint density at radius 3 is 2.67 bits per heavy atom. The maximum absolute atomic E-state index is 12.4. The third-order valence-corrected chi connectivity index (χ3v) is 3.84. The Hall–Kier alpha value is -3.81. The van der Waals surface area contributed by atoms with E-state index in [0.29, 0.717) is 11.3 Å². The highest BCUT2D eigenvalue weighted by Gasteiger charge is 2.34. The number of carbonyl (C=O) groups excluding carboxylic acids is 3. The van der Waals surface area contributed by atoms with Crippen LogP contribution in [-0.4, -0.2) is 41.5 Å². The molecule has 2 aromatic carbocycles. The molecule has 0 radical (unpaired) electrons. The number of hydrogen-bond acceptors (Lipinski definition) is 5. The number of nitrogens with zero attached hydrogens (tertiary/aromatic N) is 1. The van der Waals surface area contributed by atoms with Gasteiger partial charge in [0.05, 0.1) is 7.11 Å². The second kappa shape index (κ2) is 7.61. The summed E-state index contributed by atoms with van der Waals surface area (Å²) in [6.45, 7) is -0.407. The molecule has 0 aliphatic carbocycles. The van der Waals surface area contributed by atoms with E-state index in [0.717, 1.165) is 4.90 Å². The van der Waals surface area contributed by atoms with Crippen LogP contribution in [0, 0.1) is 0 Å². The van der Waals surface area contributed by atoms with Gasteiger partial charge in [-0.05, 0) is 35.9 Å². The number of hydrogen-bond donors (Lipinski definition) is 3. The zero-order valence-corrected chi connectivity index (χ0v) is 14.4. The van der Waals surface area contributed by atoms with E-state index in [4.69, 9.17) is 4.74 Å². The first kappa shape index (κ1) is 18.0. The number of rotatable bonds is 5. The monoisotopic (exact) mass is 367 g/mol. The van der Waals surface area contributed by atoms with Gasteiger partial charge in [0.2, 0.25) is 5.91 Å². The van der Waals surface area contributed by atoms with Crippen LogP contribution in [0.25, 0.3) is 6.08 Å². The lowest BCUT2D eigenvalue weighted by Crippen LogP contribution is -2.38. The predicted octanol–water partition coefficient (Wildman–Crippen LogP) is 1.93. The summed E-state index contributed by atoms with van der Waals surface area (Å²) in [6, 6.07) is 12.6. The minimum absolute atomic E-state index is 0.0280. The molecule has 0 bridgehead atoms. The summed E-state index contributed by atoms with van der Waals surface area (Å²) in [4.78, 5) is 37.4. The fourth-order valence-electron chi connectivity index (χ4n) is 2.53. The van der Waals surface area contributed by atoms with Crippen molar-refractivity contribution in [2.45, 2.75) is 0 Å². The van der Waals surface area contributed by atoms with E-state index >= 15 is 0 Å². The van der Waals surface area contributed by atoms with Gasteiger partial charge >= 0.3 is 6.03 Å². The van der Waals surface area contributed by atoms with Crippen LogP contribution < -0.4 is 15.4 Å². The van der Waals surface area contributed by atoms with E-state index in [1.54, 1.807) is 30.3 Å². The molecule has 1 aliphatic heterocycles. The Kier molecular flexibility index (Phi) is 5.07. The smallest absolute Gasteiger partial charge is 0.329 e. The number of benzene rings is 2. The molecule has 8 nitrogen and oxygen atoms in total. The molecule has 0 saturated carbocycles. The minimum Gasteiger partial charge on any atom is -0.504 e. The van der Waals surface area contributed by atoms with Crippen molar-refractivity contribution in [2.24, 2.45) is 0 Å². The molecule has 1 heterocycles. The Labute approximate surface area is 155 Å². The summed E-state index contributed by atoms with van der Waals surface area (Å²) < 4.78 is 5.01. The number of nitrogens with one attached hydrogen (secondary N) is 2. The lowest BCUT2D eigenvalue weighted by Gasteiger charge is -2.11. The van der Waals surface area contributed by atoms with Crippen LogP contribution in [0.3, 0.4) is 0 Å². The standard InChI is InChI=1S/C19H17N3O5/c1-27-16-10-12(7-8-15(16)23)9-14-18(25)22(19(26)21-14)11-17(24)20-13-5-3-2-4-6-13/h2-10,23H,11H2,1H3,(H,20,24)(H,21,26)/b14-9-. The largest absolute Gasteiger partial charge is 0.504 e. The number of amides is 4. The van der Waals surface area contributed by atoms with Gasteiger partial charge in [-0.3, -0.25) is 9.59 Å². The lowest BCUT2D eigenvalue weighted by molar-refractivity contribution is -0.127. The number of phenols is 1. The molecule has 0 unspecified atom stereocenters. The summed E-state index contributed by atoms with van der Waals surface area (Å²) in [5.74, 6) is -0.909. The average Bonchev–Trinajstić information content (AvgIpc) is 2.91. The molecule has 3 rings (SSSR count). The van der Waals surface area contributed by atoms with Gasteiger partial charge in [-0.15, -0.1) is 0 Å². The van der Waals surface area contributed by atoms with Crippen molar-refractivity contribution in [2.75, 3.05) is 19.0 Å². The van der Waals surface area contributed by atoms with Crippen LogP contribution in [0.2, 0.25) is 0 Å². The van der Waals surface area contributed by atoms with E-state index in [9.17, 15) is 19.5 Å². The van der Waals surface area contributed by atoms with Gasteiger partial charge in [0.25, 0.3) is 5.91 Å². The van der Waals surface area contributed by atoms with Gasteiger partial charge in [0.15, 0.2) is 11.5 Å². The molecule has 1 aliphatic rings. The van der Waals surface area contributed by atoms with Crippen LogP contribution in [0.1, 0.15) is 5.56 Å². The number of urea groups is 1. The summed E-state index contributed by atoms with van der Waals surface area (Å²) >= 11 is 0. The molecule has 3 N–H and O–H groups in total. The van der Waals surface area contributed by atoms with Crippen molar-refractivity contribution < 1.29 is 24.2 Å². The van der Waals surface area contributed by atoms with Gasteiger partial charge < -0.3 is 20.5 Å². The van der Waals surface area contributed by atoms with Crippen molar-refractivity contribution in [3.05, 3.63) is 59.8 Å². The molecule has 0 spiro atoms. The van der Waals surface area contributed by atoms with Crippen molar-refractivity contribution in [3.63, 3.8) is 0 Å². The number of methoxy groups -OCH3 is 1. The number of para-hydroxylation sites is 1.